The minimum Gasteiger partial charge on any atom is -0.322 e. The molecule has 3 heterocycles. The quantitative estimate of drug-likeness (QED) is 0.301. The second kappa shape index (κ2) is 9.80. The monoisotopic (exact) mass is 632 g/mol. The zero-order chi connectivity index (χ0) is 31.9. The van der Waals surface area contributed by atoms with Gasteiger partial charge in [-0.05, 0) is 47.7 Å². The van der Waals surface area contributed by atoms with Crippen LogP contribution in [0.15, 0.2) is 54.9 Å². The average molecular weight is 633 g/mol. The lowest BCUT2D eigenvalue weighted by atomic mass is 9.90. The van der Waals surface area contributed by atoms with E-state index in [2.05, 4.69) is 15.7 Å². The number of aromatic nitrogens is 2. The number of urea groups is 1. The predicted octanol–water partition coefficient (Wildman–Crippen LogP) is 4.20. The summed E-state index contributed by atoms with van der Waals surface area (Å²) in [6.45, 7) is -0.202. The summed E-state index contributed by atoms with van der Waals surface area (Å²) in [6.07, 6.45) is -3.46. The molecule has 2 N–H and O–H groups in total. The Morgan fingerprint density at radius 1 is 1.02 bits per heavy atom. The van der Waals surface area contributed by atoms with Gasteiger partial charge in [-0.3, -0.25) is 19.2 Å². The first kappa shape index (κ1) is 29.3. The molecule has 0 bridgehead atoms. The number of benzene rings is 2. The Bertz CT molecular complexity index is 1720. The molecule has 1 saturated carbocycles. The predicted molar refractivity (Wildman–Crippen MR) is 145 cm³/mol. The first-order chi connectivity index (χ1) is 21.2. The number of carbonyl (C=O) groups is 3. The number of rotatable bonds is 7. The maximum absolute atomic E-state index is 15.5. The van der Waals surface area contributed by atoms with Gasteiger partial charge in [-0.1, -0.05) is 24.3 Å². The van der Waals surface area contributed by atoms with Crippen molar-refractivity contribution in [2.75, 3.05) is 19.6 Å². The summed E-state index contributed by atoms with van der Waals surface area (Å²) in [4.78, 5) is 41.2. The third kappa shape index (κ3) is 4.58. The van der Waals surface area contributed by atoms with Gasteiger partial charge in [-0.15, -0.1) is 0 Å². The molecule has 2 aromatic carbocycles. The van der Waals surface area contributed by atoms with Gasteiger partial charge in [0.25, 0.3) is 11.8 Å². The number of halogens is 6. The van der Waals surface area contributed by atoms with E-state index in [-0.39, 0.29) is 17.2 Å². The van der Waals surface area contributed by atoms with Crippen LogP contribution in [0, 0.1) is 5.82 Å². The lowest BCUT2D eigenvalue weighted by Crippen LogP contribution is -2.54. The van der Waals surface area contributed by atoms with Gasteiger partial charge in [0.05, 0.1) is 18.7 Å². The molecule has 2 aliphatic heterocycles. The van der Waals surface area contributed by atoms with E-state index in [4.69, 9.17) is 0 Å². The molecule has 2 aliphatic carbocycles. The molecule has 3 aromatic rings. The number of hydrogen-bond donors (Lipinski definition) is 2. The summed E-state index contributed by atoms with van der Waals surface area (Å²) in [5.74, 6) is -6.53. The molecule has 4 aliphatic rings. The fourth-order valence-electron chi connectivity index (χ4n) is 6.44. The van der Waals surface area contributed by atoms with Crippen molar-refractivity contribution in [2.24, 2.45) is 0 Å². The lowest BCUT2D eigenvalue weighted by Gasteiger charge is -2.34. The van der Waals surface area contributed by atoms with Gasteiger partial charge in [-0.25, -0.2) is 18.0 Å². The van der Waals surface area contributed by atoms with Crippen LogP contribution in [-0.4, -0.2) is 68.8 Å². The average Bonchev–Trinajstić information content (AvgIpc) is 3.51. The van der Waals surface area contributed by atoms with Crippen molar-refractivity contribution in [2.45, 2.75) is 55.0 Å². The first-order valence-electron chi connectivity index (χ1n) is 14.3. The highest BCUT2D eigenvalue weighted by Crippen LogP contribution is 2.55. The zero-order valence-corrected chi connectivity index (χ0v) is 23.5. The Labute approximate surface area is 252 Å². The highest BCUT2D eigenvalue weighted by molar-refractivity contribution is 6.10. The molecule has 15 heteroatoms. The Morgan fingerprint density at radius 3 is 2.36 bits per heavy atom. The van der Waals surface area contributed by atoms with Gasteiger partial charge in [0.2, 0.25) is 5.91 Å². The van der Waals surface area contributed by atoms with Crippen molar-refractivity contribution in [3.8, 4) is 11.1 Å². The van der Waals surface area contributed by atoms with Crippen LogP contribution in [0.25, 0.3) is 11.1 Å². The maximum atomic E-state index is 15.5. The number of imide groups is 1. The molecule has 3 fully saturated rings. The van der Waals surface area contributed by atoms with Crippen molar-refractivity contribution in [1.29, 1.82) is 0 Å². The second-order valence-corrected chi connectivity index (χ2v) is 12.0. The van der Waals surface area contributed by atoms with Crippen molar-refractivity contribution >= 4 is 17.8 Å². The van der Waals surface area contributed by atoms with Gasteiger partial charge in [0.15, 0.2) is 5.54 Å². The van der Waals surface area contributed by atoms with Crippen LogP contribution in [-0.2, 0) is 27.6 Å². The summed E-state index contributed by atoms with van der Waals surface area (Å²) in [5.41, 5.74) is -4.17. The fraction of sp³-hybridized carbons (Fsp3) is 0.400. The van der Waals surface area contributed by atoms with E-state index in [1.807, 2.05) is 0 Å². The van der Waals surface area contributed by atoms with E-state index in [0.29, 0.717) is 20.9 Å². The molecule has 236 valence electrons. The molecule has 1 aromatic heterocycles. The molecule has 45 heavy (non-hydrogen) atoms. The van der Waals surface area contributed by atoms with Gasteiger partial charge < -0.3 is 15.5 Å². The summed E-state index contributed by atoms with van der Waals surface area (Å²) in [6, 6.07) is 7.59. The molecule has 9 nitrogen and oxygen atoms in total. The van der Waals surface area contributed by atoms with Crippen LogP contribution in [0.2, 0.25) is 0 Å². The van der Waals surface area contributed by atoms with E-state index in [1.165, 1.54) is 30.3 Å². The molecule has 4 amide bonds. The standard InChI is InChI=1S/C30H26F6N6O3/c31-20-4-1-17(2-5-20)13-41(27(7-8-27)30(34,35)36)24(43)15-40-25(44)28(39-26(40)45)16-29(32,33)23-9-18(3-6-22(23)28)19-10-38-42(14-19)21-11-37-12-21/h1-6,9-10,14,21,37H,7-8,11-13,15-16H2,(H,39,45)/t28-/m0/s1. The van der Waals surface area contributed by atoms with E-state index in [1.54, 1.807) is 17.1 Å². The highest BCUT2D eigenvalue weighted by Gasteiger charge is 2.69. The topological polar surface area (TPSA) is 99.6 Å². The van der Waals surface area contributed by atoms with Crippen LogP contribution in [0.4, 0.5) is 31.1 Å². The minimum atomic E-state index is -4.82. The van der Waals surface area contributed by atoms with Crippen molar-refractivity contribution < 1.29 is 40.7 Å². The Hall–Kier alpha value is -4.40. The molecule has 1 spiro atoms. The van der Waals surface area contributed by atoms with Crippen LogP contribution >= 0.6 is 0 Å². The van der Waals surface area contributed by atoms with E-state index in [0.717, 1.165) is 25.2 Å². The second-order valence-electron chi connectivity index (χ2n) is 12.0. The molecule has 2 saturated heterocycles. The van der Waals surface area contributed by atoms with Gasteiger partial charge in [-0.2, -0.15) is 18.3 Å². The third-order valence-electron chi connectivity index (χ3n) is 9.22. The molecule has 1 atom stereocenters. The molecule has 0 radical (unpaired) electrons. The van der Waals surface area contributed by atoms with E-state index >= 15 is 8.78 Å². The maximum Gasteiger partial charge on any atom is 0.411 e. The minimum absolute atomic E-state index is 0.149. The Balaban J connectivity index is 1.17. The Kier molecular flexibility index (Phi) is 6.38. The lowest BCUT2D eigenvalue weighted by molar-refractivity contribution is -0.202. The van der Waals surface area contributed by atoms with Crippen molar-refractivity contribution in [1.82, 2.24) is 30.2 Å². The molecular formula is C30H26F6N6O3. The summed E-state index contributed by atoms with van der Waals surface area (Å²) >= 11 is 0. The molecular weight excluding hydrogens is 606 g/mol. The van der Waals surface area contributed by atoms with Crippen LogP contribution in [0.3, 0.4) is 0 Å². The van der Waals surface area contributed by atoms with Gasteiger partial charge in [0, 0.05) is 37.0 Å². The largest absolute Gasteiger partial charge is 0.411 e. The molecule has 7 rings (SSSR count). The number of hydrogen-bond acceptors (Lipinski definition) is 5. The normalized spacial score (nSPS) is 23.2. The number of nitrogens with one attached hydrogen (secondary N) is 2. The fourth-order valence-corrected chi connectivity index (χ4v) is 6.44. The van der Waals surface area contributed by atoms with Crippen LogP contribution in [0.5, 0.6) is 0 Å². The first-order valence-corrected chi connectivity index (χ1v) is 14.3. The zero-order valence-electron chi connectivity index (χ0n) is 23.5. The van der Waals surface area contributed by atoms with E-state index < -0.39 is 84.8 Å². The summed E-state index contributed by atoms with van der Waals surface area (Å²) < 4.78 is 88.7. The third-order valence-corrected chi connectivity index (χ3v) is 9.22. The summed E-state index contributed by atoms with van der Waals surface area (Å²) in [7, 11) is 0. The van der Waals surface area contributed by atoms with Crippen LogP contribution < -0.4 is 10.6 Å². The number of fused-ring (bicyclic) bond motifs is 2. The van der Waals surface area contributed by atoms with E-state index in [9.17, 15) is 31.9 Å². The van der Waals surface area contributed by atoms with Gasteiger partial charge in [0.1, 0.15) is 17.9 Å². The number of alkyl halides is 5. The van der Waals surface area contributed by atoms with Gasteiger partial charge >= 0.3 is 12.2 Å². The number of nitrogens with zero attached hydrogens (tertiary/aromatic N) is 4. The number of carbonyl (C=O) groups excluding carboxylic acids is 3. The van der Waals surface area contributed by atoms with Crippen LogP contribution in [0.1, 0.15) is 42.0 Å². The smallest absolute Gasteiger partial charge is 0.322 e. The Morgan fingerprint density at radius 2 is 1.73 bits per heavy atom. The molecule has 0 unspecified atom stereocenters. The summed E-state index contributed by atoms with van der Waals surface area (Å²) in [5, 5.41) is 9.75. The van der Waals surface area contributed by atoms with Crippen molar-refractivity contribution in [3.63, 3.8) is 0 Å². The SMILES string of the molecule is O=C1N[C@]2(CC(F)(F)c3cc(-c4cnn(C5CNC5)c4)ccc32)C(=O)N1CC(=O)N(Cc1ccc(F)cc1)C1(C(F)(F)F)CC1. The van der Waals surface area contributed by atoms with Crippen molar-refractivity contribution in [3.05, 3.63) is 77.4 Å². The highest BCUT2D eigenvalue weighted by atomic mass is 19.4. The number of amides is 4.